The Hall–Kier alpha value is -0.120. The third-order valence-corrected chi connectivity index (χ3v) is 6.56. The number of ether oxygens (including phenoxy) is 1. The van der Waals surface area contributed by atoms with E-state index in [1.165, 1.54) is 5.56 Å². The van der Waals surface area contributed by atoms with Gasteiger partial charge in [-0.2, -0.15) is 0 Å². The van der Waals surface area contributed by atoms with Gasteiger partial charge in [0, 0.05) is 4.75 Å². The molecule has 0 N–H and O–H groups in total. The number of hydrogen-bond acceptors (Lipinski definition) is 3. The molecular weight excluding hydrogens is 248 g/mol. The van der Waals surface area contributed by atoms with Crippen LogP contribution in [0.4, 0.5) is 0 Å². The zero-order valence-corrected chi connectivity index (χ0v) is 12.5. The van der Waals surface area contributed by atoms with Gasteiger partial charge >= 0.3 is 0 Å². The highest BCUT2D eigenvalue weighted by Gasteiger charge is 2.45. The molecule has 0 unspecified atom stereocenters. The summed E-state index contributed by atoms with van der Waals surface area (Å²) in [6.07, 6.45) is 0.560. The van der Waals surface area contributed by atoms with Gasteiger partial charge in [-0.1, -0.05) is 51.9 Å². The molecule has 0 radical (unpaired) electrons. The van der Waals surface area contributed by atoms with Crippen molar-refractivity contribution in [2.45, 2.75) is 49.9 Å². The second-order valence-corrected chi connectivity index (χ2v) is 8.22. The largest absolute Gasteiger partial charge is 0.373 e. The Balaban J connectivity index is 2.22. The molecule has 1 aromatic rings. The minimum absolute atomic E-state index is 0.176. The van der Waals surface area contributed by atoms with Crippen LogP contribution in [0, 0.1) is 0 Å². The van der Waals surface area contributed by atoms with Gasteiger partial charge in [-0.15, -0.1) is 0 Å². The molecule has 0 bridgehead atoms. The topological polar surface area (TPSA) is 9.23 Å². The van der Waals surface area contributed by atoms with Crippen molar-refractivity contribution < 1.29 is 4.74 Å². The molecule has 1 aliphatic heterocycles. The van der Waals surface area contributed by atoms with Crippen LogP contribution in [-0.2, 0) is 4.74 Å². The van der Waals surface area contributed by atoms with Gasteiger partial charge in [0.05, 0.1) is 17.5 Å². The van der Waals surface area contributed by atoms with Crippen LogP contribution in [0.1, 0.15) is 38.5 Å². The fourth-order valence-electron chi connectivity index (χ4n) is 2.04. The Bertz CT molecular complexity index is 362. The van der Waals surface area contributed by atoms with E-state index < -0.39 is 0 Å². The SMILES string of the molecule is CC(C)O[C@@H]1[C@H](c2ccccc2)SSC1(C)C. The molecule has 0 spiro atoms. The standard InChI is InChI=1S/C14H20OS2/c1-10(2)15-13-12(16-17-14(13,3)4)11-8-6-5-7-9-11/h5-10,12-13H,1-4H3/t12-,13+/m0/s1. The predicted octanol–water partition coefficient (Wildman–Crippen LogP) is 4.69. The molecule has 1 fully saturated rings. The third kappa shape index (κ3) is 3.01. The van der Waals surface area contributed by atoms with E-state index in [-0.39, 0.29) is 17.0 Å². The summed E-state index contributed by atoms with van der Waals surface area (Å²) in [6, 6.07) is 10.7. The summed E-state index contributed by atoms with van der Waals surface area (Å²) in [7, 11) is 3.89. The van der Waals surface area contributed by atoms with Crippen LogP contribution in [0.3, 0.4) is 0 Å². The van der Waals surface area contributed by atoms with Gasteiger partial charge in [0.15, 0.2) is 0 Å². The molecule has 2 atom stereocenters. The second-order valence-electron chi connectivity index (χ2n) is 5.22. The van der Waals surface area contributed by atoms with E-state index in [2.05, 4.69) is 58.0 Å². The second kappa shape index (κ2) is 5.25. The summed E-state index contributed by atoms with van der Waals surface area (Å²) < 4.78 is 6.33. The van der Waals surface area contributed by atoms with Crippen LogP contribution in [0.15, 0.2) is 30.3 Å². The first-order valence-electron chi connectivity index (χ1n) is 6.05. The van der Waals surface area contributed by atoms with Gasteiger partial charge in [-0.25, -0.2) is 0 Å². The Morgan fingerprint density at radius 1 is 1.18 bits per heavy atom. The van der Waals surface area contributed by atoms with Crippen molar-refractivity contribution in [3.8, 4) is 0 Å². The average molecular weight is 268 g/mol. The normalized spacial score (nSPS) is 27.6. The molecule has 1 aromatic carbocycles. The van der Waals surface area contributed by atoms with Crippen LogP contribution in [0.2, 0.25) is 0 Å². The Morgan fingerprint density at radius 2 is 1.82 bits per heavy atom. The fraction of sp³-hybridized carbons (Fsp3) is 0.571. The van der Waals surface area contributed by atoms with E-state index in [4.69, 9.17) is 4.74 Å². The zero-order valence-electron chi connectivity index (χ0n) is 10.8. The molecule has 17 heavy (non-hydrogen) atoms. The Labute approximate surface area is 112 Å². The number of benzene rings is 1. The van der Waals surface area contributed by atoms with E-state index >= 15 is 0 Å². The molecule has 1 saturated heterocycles. The minimum atomic E-state index is 0.176. The molecular formula is C14H20OS2. The van der Waals surface area contributed by atoms with Gasteiger partial charge in [-0.3, -0.25) is 0 Å². The van der Waals surface area contributed by atoms with Crippen molar-refractivity contribution >= 4 is 21.6 Å². The maximum Gasteiger partial charge on any atom is 0.0895 e. The highest BCUT2D eigenvalue weighted by atomic mass is 33.1. The number of hydrogen-bond donors (Lipinski definition) is 0. The van der Waals surface area contributed by atoms with Crippen LogP contribution in [-0.4, -0.2) is 17.0 Å². The molecule has 0 amide bonds. The zero-order chi connectivity index (χ0) is 12.5. The monoisotopic (exact) mass is 268 g/mol. The lowest BCUT2D eigenvalue weighted by Gasteiger charge is -2.30. The van der Waals surface area contributed by atoms with Crippen molar-refractivity contribution in [2.24, 2.45) is 0 Å². The lowest BCUT2D eigenvalue weighted by molar-refractivity contribution is -0.00757. The summed E-state index contributed by atoms with van der Waals surface area (Å²) in [5, 5.41) is 0.443. The van der Waals surface area contributed by atoms with Gasteiger partial charge < -0.3 is 4.74 Å². The van der Waals surface area contributed by atoms with Gasteiger partial charge in [0.25, 0.3) is 0 Å². The Kier molecular flexibility index (Phi) is 4.11. The van der Waals surface area contributed by atoms with Crippen molar-refractivity contribution in [1.82, 2.24) is 0 Å². The predicted molar refractivity (Wildman–Crippen MR) is 78.5 cm³/mol. The first-order chi connectivity index (χ1) is 8.00. The van der Waals surface area contributed by atoms with Crippen LogP contribution < -0.4 is 0 Å². The fourth-order valence-corrected chi connectivity index (χ4v) is 5.51. The maximum absolute atomic E-state index is 6.15. The smallest absolute Gasteiger partial charge is 0.0895 e. The summed E-state index contributed by atoms with van der Waals surface area (Å²) >= 11 is 0. The van der Waals surface area contributed by atoms with E-state index in [9.17, 15) is 0 Å². The molecule has 1 heterocycles. The molecule has 0 aromatic heterocycles. The molecule has 2 rings (SSSR count). The summed E-state index contributed by atoms with van der Waals surface area (Å²) in [4.78, 5) is 0. The molecule has 3 heteroatoms. The maximum atomic E-state index is 6.15. The van der Waals surface area contributed by atoms with Crippen LogP contribution in [0.25, 0.3) is 0 Å². The lowest BCUT2D eigenvalue weighted by Crippen LogP contribution is -2.36. The minimum Gasteiger partial charge on any atom is -0.373 e. The van der Waals surface area contributed by atoms with Crippen LogP contribution >= 0.6 is 21.6 Å². The summed E-state index contributed by atoms with van der Waals surface area (Å²) in [6.45, 7) is 8.79. The van der Waals surface area contributed by atoms with Crippen molar-refractivity contribution in [1.29, 1.82) is 0 Å². The highest BCUT2D eigenvalue weighted by molar-refractivity contribution is 8.77. The van der Waals surface area contributed by atoms with E-state index in [1.807, 2.05) is 21.6 Å². The van der Waals surface area contributed by atoms with Crippen LogP contribution in [0.5, 0.6) is 0 Å². The van der Waals surface area contributed by atoms with E-state index in [0.29, 0.717) is 5.25 Å². The van der Waals surface area contributed by atoms with E-state index in [1.54, 1.807) is 0 Å². The lowest BCUT2D eigenvalue weighted by atomic mass is 9.97. The van der Waals surface area contributed by atoms with Gasteiger partial charge in [-0.05, 0) is 33.3 Å². The molecule has 0 saturated carbocycles. The van der Waals surface area contributed by atoms with Crippen molar-refractivity contribution in [3.63, 3.8) is 0 Å². The Morgan fingerprint density at radius 3 is 2.41 bits per heavy atom. The summed E-state index contributed by atoms with van der Waals surface area (Å²) in [5.74, 6) is 0. The molecule has 0 aliphatic carbocycles. The first kappa shape index (κ1) is 13.3. The quantitative estimate of drug-likeness (QED) is 0.736. The van der Waals surface area contributed by atoms with Crippen molar-refractivity contribution in [2.75, 3.05) is 0 Å². The average Bonchev–Trinajstić information content (AvgIpc) is 2.56. The van der Waals surface area contributed by atoms with Crippen molar-refractivity contribution in [3.05, 3.63) is 35.9 Å². The van der Waals surface area contributed by atoms with E-state index in [0.717, 1.165) is 0 Å². The van der Waals surface area contributed by atoms with Gasteiger partial charge in [0.2, 0.25) is 0 Å². The first-order valence-corrected chi connectivity index (χ1v) is 8.27. The van der Waals surface area contributed by atoms with Gasteiger partial charge in [0.1, 0.15) is 0 Å². The number of rotatable bonds is 3. The highest BCUT2D eigenvalue weighted by Crippen LogP contribution is 2.59. The third-order valence-electron chi connectivity index (χ3n) is 2.87. The summed E-state index contributed by atoms with van der Waals surface area (Å²) in [5.41, 5.74) is 1.38. The molecule has 1 nitrogen and oxygen atoms in total. The molecule has 1 aliphatic rings. The molecule has 94 valence electrons.